The predicted octanol–water partition coefficient (Wildman–Crippen LogP) is 6.06. The van der Waals surface area contributed by atoms with Crippen molar-refractivity contribution < 1.29 is 9.90 Å². The Bertz CT molecular complexity index is 463. The lowest BCUT2D eigenvalue weighted by Gasteiger charge is -2.09. The molecule has 160 valence electrons. The molecule has 0 rings (SSSR count). The van der Waals surface area contributed by atoms with E-state index in [2.05, 4.69) is 67.8 Å². The summed E-state index contributed by atoms with van der Waals surface area (Å²) in [7, 11) is 0. The average molecular weight is 390 g/mol. The fourth-order valence-electron chi connectivity index (χ4n) is 2.65. The number of ketones is 1. The molecule has 0 saturated heterocycles. The van der Waals surface area contributed by atoms with E-state index in [0.29, 0.717) is 13.0 Å². The van der Waals surface area contributed by atoms with Crippen molar-refractivity contribution in [2.75, 3.05) is 13.1 Å². The lowest BCUT2D eigenvalue weighted by atomic mass is 10.1. The highest BCUT2D eigenvalue weighted by molar-refractivity contribution is 5.82. The largest absolute Gasteiger partial charge is 0.384 e. The number of rotatable bonds is 19. The lowest BCUT2D eigenvalue weighted by Crippen LogP contribution is -2.33. The highest BCUT2D eigenvalue weighted by Crippen LogP contribution is 2.03. The van der Waals surface area contributed by atoms with Crippen LogP contribution in [-0.2, 0) is 4.79 Å². The zero-order chi connectivity index (χ0) is 20.7. The number of Topliss-reactive ketones (excluding diaryl/α,β-unsaturated/α-hetero) is 1. The number of nitrogens with one attached hydrogen (secondary N) is 1. The van der Waals surface area contributed by atoms with E-state index in [4.69, 9.17) is 0 Å². The third kappa shape index (κ3) is 19.3. The SMILES string of the molecule is CCCCC/C=C\C/C=C\C/C=C\C/C=C\CCCC(=O)C(O)CNCCC. The van der Waals surface area contributed by atoms with E-state index >= 15 is 0 Å². The molecule has 1 atom stereocenters. The van der Waals surface area contributed by atoms with Crippen LogP contribution >= 0.6 is 0 Å². The maximum atomic E-state index is 11.8. The Kier molecular flexibility index (Phi) is 20.7. The molecule has 2 N–H and O–H groups in total. The summed E-state index contributed by atoms with van der Waals surface area (Å²) in [6, 6.07) is 0. The van der Waals surface area contributed by atoms with E-state index in [1.165, 1.54) is 25.7 Å². The van der Waals surface area contributed by atoms with Crippen molar-refractivity contribution in [2.45, 2.75) is 90.6 Å². The van der Waals surface area contributed by atoms with E-state index < -0.39 is 6.10 Å². The molecule has 0 heterocycles. The average Bonchev–Trinajstić information content (AvgIpc) is 2.70. The fourth-order valence-corrected chi connectivity index (χ4v) is 2.65. The number of hydrogen-bond acceptors (Lipinski definition) is 3. The van der Waals surface area contributed by atoms with Gasteiger partial charge >= 0.3 is 0 Å². The summed E-state index contributed by atoms with van der Waals surface area (Å²) < 4.78 is 0. The number of hydrogen-bond donors (Lipinski definition) is 2. The minimum atomic E-state index is -0.858. The van der Waals surface area contributed by atoms with E-state index in [0.717, 1.165) is 45.1 Å². The molecule has 28 heavy (non-hydrogen) atoms. The molecule has 0 aliphatic heterocycles. The van der Waals surface area contributed by atoms with Crippen molar-refractivity contribution in [1.82, 2.24) is 5.32 Å². The molecule has 0 spiro atoms. The summed E-state index contributed by atoms with van der Waals surface area (Å²) in [5.74, 6) is -0.0560. The minimum Gasteiger partial charge on any atom is -0.384 e. The van der Waals surface area contributed by atoms with Gasteiger partial charge < -0.3 is 10.4 Å². The van der Waals surface area contributed by atoms with Gasteiger partial charge in [-0.1, -0.05) is 75.3 Å². The maximum Gasteiger partial charge on any atom is 0.162 e. The third-order valence-corrected chi connectivity index (χ3v) is 4.39. The van der Waals surface area contributed by atoms with Crippen molar-refractivity contribution in [1.29, 1.82) is 0 Å². The van der Waals surface area contributed by atoms with Crippen LogP contribution in [0.1, 0.15) is 84.5 Å². The number of carbonyl (C=O) groups excluding carboxylic acids is 1. The number of allylic oxidation sites excluding steroid dienone is 8. The summed E-state index contributed by atoms with van der Waals surface area (Å²) in [6.07, 6.45) is 28.0. The quantitative estimate of drug-likeness (QED) is 0.208. The van der Waals surface area contributed by atoms with Gasteiger partial charge in [0.1, 0.15) is 6.10 Å². The molecule has 0 saturated carbocycles. The van der Waals surface area contributed by atoms with E-state index in [1.807, 2.05) is 0 Å². The Hall–Kier alpha value is -1.45. The van der Waals surface area contributed by atoms with Gasteiger partial charge in [0.15, 0.2) is 5.78 Å². The highest BCUT2D eigenvalue weighted by Gasteiger charge is 2.12. The highest BCUT2D eigenvalue weighted by atomic mass is 16.3. The number of carbonyl (C=O) groups is 1. The first kappa shape index (κ1) is 26.6. The zero-order valence-electron chi connectivity index (χ0n) is 18.2. The van der Waals surface area contributed by atoms with Gasteiger partial charge in [0.2, 0.25) is 0 Å². The predicted molar refractivity (Wildman–Crippen MR) is 123 cm³/mol. The van der Waals surface area contributed by atoms with Crippen LogP contribution in [0.2, 0.25) is 0 Å². The van der Waals surface area contributed by atoms with Gasteiger partial charge in [-0.05, 0) is 57.9 Å². The van der Waals surface area contributed by atoms with Crippen LogP contribution in [0.15, 0.2) is 48.6 Å². The first-order chi connectivity index (χ1) is 13.7. The van der Waals surface area contributed by atoms with Crippen molar-refractivity contribution >= 4 is 5.78 Å². The van der Waals surface area contributed by atoms with Crippen LogP contribution in [0.3, 0.4) is 0 Å². The van der Waals surface area contributed by atoms with Gasteiger partial charge in [0.05, 0.1) is 0 Å². The maximum absolute atomic E-state index is 11.8. The fraction of sp³-hybridized carbons (Fsp3) is 0.640. The monoisotopic (exact) mass is 389 g/mol. The van der Waals surface area contributed by atoms with Crippen molar-refractivity contribution in [3.63, 3.8) is 0 Å². The second-order valence-electron chi connectivity index (χ2n) is 7.17. The van der Waals surface area contributed by atoms with Gasteiger partial charge in [0.25, 0.3) is 0 Å². The molecular formula is C25H43NO2. The van der Waals surface area contributed by atoms with Gasteiger partial charge in [-0.3, -0.25) is 4.79 Å². The molecule has 0 aromatic heterocycles. The molecule has 0 amide bonds. The Labute approximate surface area is 173 Å². The van der Waals surface area contributed by atoms with Crippen molar-refractivity contribution in [3.8, 4) is 0 Å². The Balaban J connectivity index is 3.56. The molecule has 0 aromatic carbocycles. The number of aliphatic hydroxyl groups is 1. The van der Waals surface area contributed by atoms with Crippen LogP contribution in [0.25, 0.3) is 0 Å². The number of aliphatic hydroxyl groups excluding tert-OH is 1. The van der Waals surface area contributed by atoms with Crippen LogP contribution in [-0.4, -0.2) is 30.1 Å². The molecule has 0 aliphatic rings. The third-order valence-electron chi connectivity index (χ3n) is 4.39. The molecule has 0 aliphatic carbocycles. The topological polar surface area (TPSA) is 49.3 Å². The summed E-state index contributed by atoms with van der Waals surface area (Å²) >= 11 is 0. The van der Waals surface area contributed by atoms with E-state index in [1.54, 1.807) is 0 Å². The van der Waals surface area contributed by atoms with Gasteiger partial charge in [0, 0.05) is 13.0 Å². The Morgan fingerprint density at radius 1 is 0.786 bits per heavy atom. The lowest BCUT2D eigenvalue weighted by molar-refractivity contribution is -0.127. The molecular weight excluding hydrogens is 346 g/mol. The molecule has 0 bridgehead atoms. The minimum absolute atomic E-state index is 0.0560. The molecule has 0 radical (unpaired) electrons. The summed E-state index contributed by atoms with van der Waals surface area (Å²) in [4.78, 5) is 11.8. The number of unbranched alkanes of at least 4 members (excludes halogenated alkanes) is 4. The van der Waals surface area contributed by atoms with Crippen molar-refractivity contribution in [2.24, 2.45) is 0 Å². The standard InChI is InChI=1S/C25H43NO2/c1-3-5-6-7-8-9-10-11-12-13-14-15-16-17-18-19-20-21-24(27)25(28)23-26-22-4-2/h8-9,11-12,14-15,17-18,25-26,28H,3-7,10,13,16,19-23H2,1-2H3/b9-8-,12-11-,15-14-,18-17-. The van der Waals surface area contributed by atoms with Gasteiger partial charge in [-0.25, -0.2) is 0 Å². The summed E-state index contributed by atoms with van der Waals surface area (Å²) in [5, 5.41) is 12.8. The van der Waals surface area contributed by atoms with Crippen LogP contribution in [0.4, 0.5) is 0 Å². The second-order valence-corrected chi connectivity index (χ2v) is 7.17. The zero-order valence-corrected chi connectivity index (χ0v) is 18.2. The summed E-state index contributed by atoms with van der Waals surface area (Å²) in [6.45, 7) is 5.51. The van der Waals surface area contributed by atoms with Crippen LogP contribution in [0, 0.1) is 0 Å². The first-order valence-electron chi connectivity index (χ1n) is 11.2. The Morgan fingerprint density at radius 3 is 1.86 bits per heavy atom. The van der Waals surface area contributed by atoms with Crippen molar-refractivity contribution in [3.05, 3.63) is 48.6 Å². The van der Waals surface area contributed by atoms with E-state index in [-0.39, 0.29) is 5.78 Å². The smallest absolute Gasteiger partial charge is 0.162 e. The molecule has 3 heteroatoms. The molecule has 1 unspecified atom stereocenters. The summed E-state index contributed by atoms with van der Waals surface area (Å²) in [5.41, 5.74) is 0. The molecule has 0 aromatic rings. The molecule has 3 nitrogen and oxygen atoms in total. The Morgan fingerprint density at radius 2 is 1.32 bits per heavy atom. The first-order valence-corrected chi connectivity index (χ1v) is 11.2. The molecule has 0 fully saturated rings. The van der Waals surface area contributed by atoms with Crippen LogP contribution < -0.4 is 5.32 Å². The van der Waals surface area contributed by atoms with Gasteiger partial charge in [-0.15, -0.1) is 0 Å². The van der Waals surface area contributed by atoms with Gasteiger partial charge in [-0.2, -0.15) is 0 Å². The normalized spacial score (nSPS) is 13.5. The van der Waals surface area contributed by atoms with Crippen LogP contribution in [0.5, 0.6) is 0 Å². The second kappa shape index (κ2) is 21.8. The van der Waals surface area contributed by atoms with E-state index in [9.17, 15) is 9.90 Å².